The van der Waals surface area contributed by atoms with Crippen molar-refractivity contribution in [1.29, 1.82) is 0 Å². The first-order chi connectivity index (χ1) is 8.79. The number of nitrogens with zero attached hydrogens (tertiary/aromatic N) is 3. The van der Waals surface area contributed by atoms with Gasteiger partial charge in [-0.2, -0.15) is 0 Å². The summed E-state index contributed by atoms with van der Waals surface area (Å²) in [6, 6.07) is 10.1. The van der Waals surface area contributed by atoms with Crippen molar-refractivity contribution in [3.05, 3.63) is 30.3 Å². The fraction of sp³-hybridized carbons (Fsp3) is 0.385. The Kier molecular flexibility index (Phi) is 2.99. The molecule has 5 heteroatoms. The summed E-state index contributed by atoms with van der Waals surface area (Å²) >= 11 is 1.60. The van der Waals surface area contributed by atoms with Crippen LogP contribution in [0.25, 0.3) is 0 Å². The van der Waals surface area contributed by atoms with Gasteiger partial charge < -0.3 is 4.90 Å². The van der Waals surface area contributed by atoms with Crippen LogP contribution in [-0.4, -0.2) is 34.6 Å². The van der Waals surface area contributed by atoms with E-state index in [1.807, 2.05) is 37.3 Å². The van der Waals surface area contributed by atoms with E-state index in [0.29, 0.717) is 13.3 Å². The van der Waals surface area contributed by atoms with Crippen molar-refractivity contribution in [2.45, 2.75) is 18.6 Å². The summed E-state index contributed by atoms with van der Waals surface area (Å²) in [6.45, 7) is 3.29. The SMILES string of the molecule is CC[C@H]1SC2=NCN(c3ccccc3)CN2C1=O. The van der Waals surface area contributed by atoms with E-state index in [0.717, 1.165) is 17.3 Å². The maximum absolute atomic E-state index is 12.1. The lowest BCUT2D eigenvalue weighted by Crippen LogP contribution is -2.45. The van der Waals surface area contributed by atoms with Crippen LogP contribution in [0.5, 0.6) is 0 Å². The zero-order chi connectivity index (χ0) is 12.5. The molecule has 1 fully saturated rings. The van der Waals surface area contributed by atoms with E-state index in [9.17, 15) is 4.79 Å². The van der Waals surface area contributed by atoms with E-state index in [1.165, 1.54) is 0 Å². The van der Waals surface area contributed by atoms with Crippen molar-refractivity contribution in [1.82, 2.24) is 4.90 Å². The summed E-state index contributed by atoms with van der Waals surface area (Å²) in [6.07, 6.45) is 0.865. The monoisotopic (exact) mass is 261 g/mol. The fourth-order valence-electron chi connectivity index (χ4n) is 2.18. The number of carbonyl (C=O) groups is 1. The number of anilines is 1. The molecule has 0 bridgehead atoms. The summed E-state index contributed by atoms with van der Waals surface area (Å²) < 4.78 is 0. The highest BCUT2D eigenvalue weighted by atomic mass is 32.2. The average Bonchev–Trinajstić information content (AvgIpc) is 2.76. The van der Waals surface area contributed by atoms with Gasteiger partial charge in [0.15, 0.2) is 5.17 Å². The molecule has 1 aromatic carbocycles. The molecule has 0 radical (unpaired) electrons. The molecule has 1 amide bonds. The second-order valence-corrected chi connectivity index (χ2v) is 5.55. The van der Waals surface area contributed by atoms with Gasteiger partial charge in [0.05, 0.1) is 5.25 Å². The molecule has 3 rings (SSSR count). The van der Waals surface area contributed by atoms with Crippen LogP contribution in [0.2, 0.25) is 0 Å². The van der Waals surface area contributed by atoms with Crippen molar-refractivity contribution in [3.8, 4) is 0 Å². The predicted molar refractivity (Wildman–Crippen MR) is 74.6 cm³/mol. The van der Waals surface area contributed by atoms with Crippen molar-refractivity contribution >= 4 is 28.5 Å². The molecule has 0 spiro atoms. The molecule has 0 N–H and O–H groups in total. The molecule has 2 heterocycles. The first kappa shape index (κ1) is 11.6. The highest BCUT2D eigenvalue weighted by Gasteiger charge is 2.39. The number of fused-ring (bicyclic) bond motifs is 1. The maximum atomic E-state index is 12.1. The van der Waals surface area contributed by atoms with Crippen LogP contribution in [0.1, 0.15) is 13.3 Å². The number of amidine groups is 1. The lowest BCUT2D eigenvalue weighted by Gasteiger charge is -2.32. The molecule has 2 aliphatic heterocycles. The quantitative estimate of drug-likeness (QED) is 0.818. The van der Waals surface area contributed by atoms with Crippen LogP contribution in [0, 0.1) is 0 Å². The van der Waals surface area contributed by atoms with Gasteiger partial charge in [0.1, 0.15) is 13.3 Å². The Bertz CT molecular complexity index is 488. The minimum Gasteiger partial charge on any atom is -0.334 e. The van der Waals surface area contributed by atoms with Crippen LogP contribution >= 0.6 is 11.8 Å². The number of carbonyl (C=O) groups excluding carboxylic acids is 1. The van der Waals surface area contributed by atoms with Crippen LogP contribution in [0.4, 0.5) is 5.69 Å². The van der Waals surface area contributed by atoms with Crippen LogP contribution in [0.15, 0.2) is 35.3 Å². The third kappa shape index (κ3) is 1.88. The second-order valence-electron chi connectivity index (χ2n) is 4.38. The Morgan fingerprint density at radius 3 is 2.89 bits per heavy atom. The second kappa shape index (κ2) is 4.65. The Hall–Kier alpha value is -1.49. The zero-order valence-electron chi connectivity index (χ0n) is 10.2. The minimum atomic E-state index is 0.0551. The smallest absolute Gasteiger partial charge is 0.243 e. The summed E-state index contributed by atoms with van der Waals surface area (Å²) in [4.78, 5) is 20.6. The Balaban J connectivity index is 1.81. The number of thioether (sulfide) groups is 1. The minimum absolute atomic E-state index is 0.0551. The third-order valence-corrected chi connectivity index (χ3v) is 4.58. The topological polar surface area (TPSA) is 35.9 Å². The van der Waals surface area contributed by atoms with E-state index in [2.05, 4.69) is 9.89 Å². The van der Waals surface area contributed by atoms with Crippen LogP contribution in [0.3, 0.4) is 0 Å². The van der Waals surface area contributed by atoms with E-state index in [1.54, 1.807) is 16.7 Å². The first-order valence-corrected chi connectivity index (χ1v) is 7.00. The van der Waals surface area contributed by atoms with Gasteiger partial charge >= 0.3 is 0 Å². The summed E-state index contributed by atoms with van der Waals surface area (Å²) in [5, 5.41) is 0.943. The zero-order valence-corrected chi connectivity index (χ0v) is 11.1. The Morgan fingerprint density at radius 1 is 1.39 bits per heavy atom. The van der Waals surface area contributed by atoms with Gasteiger partial charge in [0.2, 0.25) is 5.91 Å². The molecule has 2 aliphatic rings. The van der Waals surface area contributed by atoms with Gasteiger partial charge in [-0.1, -0.05) is 36.9 Å². The van der Waals surface area contributed by atoms with Crippen LogP contribution < -0.4 is 4.90 Å². The molecular weight excluding hydrogens is 246 g/mol. The number of hydrogen-bond donors (Lipinski definition) is 0. The summed E-state index contributed by atoms with van der Waals surface area (Å²) in [5.41, 5.74) is 1.11. The maximum Gasteiger partial charge on any atom is 0.243 e. The van der Waals surface area contributed by atoms with Gasteiger partial charge in [-0.05, 0) is 18.6 Å². The number of amides is 1. The molecule has 1 saturated heterocycles. The molecular formula is C13H15N3OS. The molecule has 94 valence electrons. The molecule has 1 aromatic rings. The molecule has 0 saturated carbocycles. The van der Waals surface area contributed by atoms with E-state index in [-0.39, 0.29) is 11.2 Å². The molecule has 0 aliphatic carbocycles. The number of rotatable bonds is 2. The molecule has 1 atom stereocenters. The number of aliphatic imine (C=N–C) groups is 1. The molecule has 4 nitrogen and oxygen atoms in total. The summed E-state index contributed by atoms with van der Waals surface area (Å²) in [7, 11) is 0. The van der Waals surface area contributed by atoms with Gasteiger partial charge in [-0.3, -0.25) is 9.69 Å². The molecule has 0 aromatic heterocycles. The Labute approximate surface area is 111 Å². The van der Waals surface area contributed by atoms with Gasteiger partial charge in [-0.25, -0.2) is 4.99 Å². The number of para-hydroxylation sites is 1. The number of hydrogen-bond acceptors (Lipinski definition) is 4. The lowest BCUT2D eigenvalue weighted by atomic mass is 10.3. The van der Waals surface area contributed by atoms with Gasteiger partial charge in [-0.15, -0.1) is 0 Å². The largest absolute Gasteiger partial charge is 0.334 e. The molecule has 0 unspecified atom stereocenters. The highest BCUT2D eigenvalue weighted by Crippen LogP contribution is 2.32. The average molecular weight is 261 g/mol. The van der Waals surface area contributed by atoms with E-state index in [4.69, 9.17) is 0 Å². The van der Waals surface area contributed by atoms with Crippen molar-refractivity contribution in [2.24, 2.45) is 4.99 Å². The van der Waals surface area contributed by atoms with Gasteiger partial charge in [0.25, 0.3) is 0 Å². The van der Waals surface area contributed by atoms with Crippen molar-refractivity contribution < 1.29 is 4.79 Å². The predicted octanol–water partition coefficient (Wildman–Crippen LogP) is 2.13. The molecule has 18 heavy (non-hydrogen) atoms. The standard InChI is InChI=1S/C13H15N3OS/c1-2-11-12(17)16-9-15(8-14-13(16)18-11)10-6-4-3-5-7-10/h3-7,11H,2,8-9H2,1H3/t11-/m1/s1. The lowest BCUT2D eigenvalue weighted by molar-refractivity contribution is -0.126. The normalized spacial score (nSPS) is 23.1. The van der Waals surface area contributed by atoms with Crippen LogP contribution in [-0.2, 0) is 4.79 Å². The fourth-order valence-corrected chi connectivity index (χ4v) is 3.24. The van der Waals surface area contributed by atoms with Crippen molar-refractivity contribution in [2.75, 3.05) is 18.2 Å². The van der Waals surface area contributed by atoms with E-state index >= 15 is 0 Å². The highest BCUT2D eigenvalue weighted by molar-refractivity contribution is 8.15. The third-order valence-electron chi connectivity index (χ3n) is 3.20. The first-order valence-electron chi connectivity index (χ1n) is 6.12. The van der Waals surface area contributed by atoms with Gasteiger partial charge in [0, 0.05) is 5.69 Å². The summed E-state index contributed by atoms with van der Waals surface area (Å²) in [5.74, 6) is 0.196. The van der Waals surface area contributed by atoms with Crippen molar-refractivity contribution in [3.63, 3.8) is 0 Å². The van der Waals surface area contributed by atoms with E-state index < -0.39 is 0 Å². The number of benzene rings is 1. The Morgan fingerprint density at radius 2 is 2.17 bits per heavy atom.